The average molecular weight is 306 g/mol. The molecule has 1 atom stereocenters. The zero-order valence-electron chi connectivity index (χ0n) is 9.21. The van der Waals surface area contributed by atoms with Gasteiger partial charge in [0.15, 0.2) is 0 Å². The van der Waals surface area contributed by atoms with Gasteiger partial charge in [0.25, 0.3) is 0 Å². The maximum atomic E-state index is 6.39. The van der Waals surface area contributed by atoms with E-state index in [0.717, 1.165) is 12.0 Å². The van der Waals surface area contributed by atoms with Gasteiger partial charge in [-0.2, -0.15) is 0 Å². The van der Waals surface area contributed by atoms with Gasteiger partial charge in [0.05, 0.1) is 14.0 Å². The van der Waals surface area contributed by atoms with E-state index in [2.05, 4.69) is 19.1 Å². The van der Waals surface area contributed by atoms with Crippen LogP contribution in [-0.4, -0.2) is 0 Å². The minimum Gasteiger partial charge on any atom is -0.117 e. The molecule has 0 nitrogen and oxygen atoms in total. The molecule has 1 heterocycles. The zero-order valence-corrected chi connectivity index (χ0v) is 12.3. The van der Waals surface area contributed by atoms with Gasteiger partial charge in [-0.25, -0.2) is 0 Å². The molecule has 1 aromatic heterocycles. The second-order valence-corrected chi connectivity index (χ2v) is 6.69. The van der Waals surface area contributed by atoms with Crippen LogP contribution in [0, 0.1) is 6.92 Å². The molecule has 17 heavy (non-hydrogen) atoms. The third-order valence-electron chi connectivity index (χ3n) is 2.68. The summed E-state index contributed by atoms with van der Waals surface area (Å²) in [5.74, 6) is 0. The van der Waals surface area contributed by atoms with Gasteiger partial charge in [-0.05, 0) is 30.5 Å². The first kappa shape index (κ1) is 13.2. The van der Waals surface area contributed by atoms with Crippen molar-refractivity contribution in [2.24, 2.45) is 0 Å². The van der Waals surface area contributed by atoms with Crippen LogP contribution in [0.15, 0.2) is 30.3 Å². The van der Waals surface area contributed by atoms with Crippen LogP contribution >= 0.6 is 46.1 Å². The van der Waals surface area contributed by atoms with E-state index in [1.165, 1.54) is 22.5 Å². The van der Waals surface area contributed by atoms with E-state index in [0.29, 0.717) is 8.67 Å². The molecule has 0 amide bonds. The highest BCUT2D eigenvalue weighted by Crippen LogP contribution is 2.39. The van der Waals surface area contributed by atoms with E-state index in [1.54, 1.807) is 0 Å². The van der Waals surface area contributed by atoms with Crippen LogP contribution in [0.1, 0.15) is 22.1 Å². The normalized spacial score (nSPS) is 12.7. The highest BCUT2D eigenvalue weighted by Gasteiger charge is 2.16. The molecule has 0 spiro atoms. The van der Waals surface area contributed by atoms with Crippen molar-refractivity contribution in [3.8, 4) is 0 Å². The van der Waals surface area contributed by atoms with E-state index in [9.17, 15) is 0 Å². The maximum absolute atomic E-state index is 6.39. The highest BCUT2D eigenvalue weighted by atomic mass is 35.5. The Morgan fingerprint density at radius 1 is 1.24 bits per heavy atom. The summed E-state index contributed by atoms with van der Waals surface area (Å²) in [7, 11) is 0. The van der Waals surface area contributed by atoms with Crippen LogP contribution < -0.4 is 0 Å². The molecule has 2 rings (SSSR count). The van der Waals surface area contributed by atoms with Gasteiger partial charge in [0.2, 0.25) is 0 Å². The third kappa shape index (κ3) is 3.17. The Kier molecular flexibility index (Phi) is 4.37. The first-order valence-electron chi connectivity index (χ1n) is 5.21. The van der Waals surface area contributed by atoms with Crippen molar-refractivity contribution < 1.29 is 0 Å². The molecular formula is C13H11Cl3S. The second-order valence-electron chi connectivity index (χ2n) is 3.88. The standard InChI is InChI=1S/C13H11Cl3S/c1-8-4-2-3-5-9(8)6-11(14)10-7-12(15)17-13(10)16/h2-5,7,11H,6H2,1H3. The van der Waals surface area contributed by atoms with Crippen LogP contribution in [-0.2, 0) is 6.42 Å². The maximum Gasteiger partial charge on any atom is 0.0991 e. The Labute approximate surface area is 120 Å². The molecule has 0 saturated carbocycles. The summed E-state index contributed by atoms with van der Waals surface area (Å²) < 4.78 is 1.36. The molecule has 1 aromatic carbocycles. The van der Waals surface area contributed by atoms with Crippen molar-refractivity contribution in [1.82, 2.24) is 0 Å². The summed E-state index contributed by atoms with van der Waals surface area (Å²) in [5.41, 5.74) is 3.41. The molecule has 0 fully saturated rings. The minimum absolute atomic E-state index is 0.132. The lowest BCUT2D eigenvalue weighted by atomic mass is 10.0. The monoisotopic (exact) mass is 304 g/mol. The van der Waals surface area contributed by atoms with Gasteiger partial charge in [-0.15, -0.1) is 22.9 Å². The second kappa shape index (κ2) is 5.62. The van der Waals surface area contributed by atoms with Crippen molar-refractivity contribution in [1.29, 1.82) is 0 Å². The number of thiophene rings is 1. The quantitative estimate of drug-likeness (QED) is 0.621. The molecule has 0 saturated heterocycles. The predicted molar refractivity (Wildman–Crippen MR) is 77.8 cm³/mol. The number of aryl methyl sites for hydroxylation is 1. The van der Waals surface area contributed by atoms with Gasteiger partial charge in [-0.1, -0.05) is 47.5 Å². The SMILES string of the molecule is Cc1ccccc1CC(Cl)c1cc(Cl)sc1Cl. The summed E-state index contributed by atoms with van der Waals surface area (Å²) >= 11 is 19.8. The van der Waals surface area contributed by atoms with E-state index in [4.69, 9.17) is 34.8 Å². The van der Waals surface area contributed by atoms with Gasteiger partial charge in [0, 0.05) is 5.56 Å². The summed E-state index contributed by atoms with van der Waals surface area (Å²) in [6, 6.07) is 10.1. The lowest BCUT2D eigenvalue weighted by Crippen LogP contribution is -1.97. The smallest absolute Gasteiger partial charge is 0.0991 e. The molecule has 0 aliphatic rings. The highest BCUT2D eigenvalue weighted by molar-refractivity contribution is 7.20. The van der Waals surface area contributed by atoms with Gasteiger partial charge >= 0.3 is 0 Å². The summed E-state index contributed by atoms with van der Waals surface area (Å²) in [6.07, 6.45) is 0.765. The molecule has 0 radical (unpaired) electrons. The van der Waals surface area contributed by atoms with Crippen molar-refractivity contribution >= 4 is 46.1 Å². The summed E-state index contributed by atoms with van der Waals surface area (Å²) in [5, 5.41) is -0.132. The van der Waals surface area contributed by atoms with E-state index >= 15 is 0 Å². The van der Waals surface area contributed by atoms with Gasteiger partial charge < -0.3 is 0 Å². The lowest BCUT2D eigenvalue weighted by molar-refractivity contribution is 0.916. The van der Waals surface area contributed by atoms with Crippen LogP contribution in [0.5, 0.6) is 0 Å². The van der Waals surface area contributed by atoms with E-state index in [-0.39, 0.29) is 5.38 Å². The first-order chi connectivity index (χ1) is 8.08. The Balaban J connectivity index is 2.20. The third-order valence-corrected chi connectivity index (χ3v) is 4.59. The van der Waals surface area contributed by atoms with Gasteiger partial charge in [-0.3, -0.25) is 0 Å². The number of benzene rings is 1. The van der Waals surface area contributed by atoms with Crippen molar-refractivity contribution in [3.05, 3.63) is 55.7 Å². The number of hydrogen-bond donors (Lipinski definition) is 0. The first-order valence-corrected chi connectivity index (χ1v) is 7.22. The van der Waals surface area contributed by atoms with E-state index in [1.807, 2.05) is 18.2 Å². The molecule has 4 heteroatoms. The summed E-state index contributed by atoms with van der Waals surface area (Å²) in [6.45, 7) is 2.08. The zero-order chi connectivity index (χ0) is 12.4. The molecule has 90 valence electrons. The molecular weight excluding hydrogens is 295 g/mol. The Hall–Kier alpha value is -0.210. The number of alkyl halides is 1. The van der Waals surface area contributed by atoms with Crippen LogP contribution in [0.3, 0.4) is 0 Å². The average Bonchev–Trinajstić information content (AvgIpc) is 2.61. The fourth-order valence-corrected chi connectivity index (χ4v) is 3.75. The van der Waals surface area contributed by atoms with Crippen molar-refractivity contribution in [2.75, 3.05) is 0 Å². The van der Waals surface area contributed by atoms with Crippen LogP contribution in [0.25, 0.3) is 0 Å². The largest absolute Gasteiger partial charge is 0.117 e. The molecule has 2 aromatic rings. The molecule has 0 bridgehead atoms. The molecule has 1 unspecified atom stereocenters. The lowest BCUT2D eigenvalue weighted by Gasteiger charge is -2.10. The molecule has 0 N–H and O–H groups in total. The number of hydrogen-bond acceptors (Lipinski definition) is 1. The Morgan fingerprint density at radius 2 is 1.94 bits per heavy atom. The topological polar surface area (TPSA) is 0 Å². The summed E-state index contributed by atoms with van der Waals surface area (Å²) in [4.78, 5) is 0. The number of halogens is 3. The fourth-order valence-electron chi connectivity index (χ4n) is 1.71. The van der Waals surface area contributed by atoms with E-state index < -0.39 is 0 Å². The Bertz CT molecular complexity index is 519. The van der Waals surface area contributed by atoms with Crippen LogP contribution in [0.2, 0.25) is 8.67 Å². The van der Waals surface area contributed by atoms with Crippen LogP contribution in [0.4, 0.5) is 0 Å². The van der Waals surface area contributed by atoms with Gasteiger partial charge in [0.1, 0.15) is 0 Å². The minimum atomic E-state index is -0.132. The number of rotatable bonds is 3. The molecule has 0 aliphatic heterocycles. The van der Waals surface area contributed by atoms with Crippen molar-refractivity contribution in [2.45, 2.75) is 18.7 Å². The predicted octanol–water partition coefficient (Wildman–Crippen LogP) is 5.89. The Morgan fingerprint density at radius 3 is 2.53 bits per heavy atom. The fraction of sp³-hybridized carbons (Fsp3) is 0.231. The van der Waals surface area contributed by atoms with Crippen molar-refractivity contribution in [3.63, 3.8) is 0 Å². The molecule has 0 aliphatic carbocycles.